The average molecular weight is 445 g/mol. The van der Waals surface area contributed by atoms with Gasteiger partial charge in [-0.25, -0.2) is 9.59 Å². The quantitative estimate of drug-likeness (QED) is 0.709. The van der Waals surface area contributed by atoms with Crippen LogP contribution < -0.4 is 16.6 Å². The third-order valence-corrected chi connectivity index (χ3v) is 3.13. The van der Waals surface area contributed by atoms with Gasteiger partial charge in [-0.2, -0.15) is 25.3 Å². The van der Waals surface area contributed by atoms with Gasteiger partial charge < -0.3 is 15.0 Å². The Kier molecular flexibility index (Phi) is 7.34. The summed E-state index contributed by atoms with van der Waals surface area (Å²) in [5.74, 6) is 0. The standard InChI is InChI=1S/C15H13F3N3O4.Y/c1-3-25-14(24)19-10-6-9(5-4-8(10)2)21-12(22)7-11(15(16,17)18)20-13(21)23;/h4,6-7H,3H2,1-2H3,(H,19,24)(H,20,23);/q-1;. The number of carbonyl (C=O) groups excluding carboxylic acids is 1. The first kappa shape index (κ1) is 22.1. The van der Waals surface area contributed by atoms with Gasteiger partial charge in [0.2, 0.25) is 0 Å². The second kappa shape index (κ2) is 8.63. The summed E-state index contributed by atoms with van der Waals surface area (Å²) in [7, 11) is 0. The predicted molar refractivity (Wildman–Crippen MR) is 81.9 cm³/mol. The van der Waals surface area contributed by atoms with E-state index in [0.717, 1.165) is 0 Å². The molecule has 11 heteroatoms. The number of halogens is 3. The maximum absolute atomic E-state index is 12.6. The summed E-state index contributed by atoms with van der Waals surface area (Å²) in [4.78, 5) is 36.9. The molecule has 0 saturated heterocycles. The number of aromatic nitrogens is 2. The Bertz CT molecular complexity index is 890. The minimum absolute atomic E-state index is 0. The van der Waals surface area contributed by atoms with Gasteiger partial charge in [-0.3, -0.25) is 9.36 Å². The number of aryl methyl sites for hydroxylation is 1. The van der Waals surface area contributed by atoms with Gasteiger partial charge in [0.25, 0.3) is 5.56 Å². The van der Waals surface area contributed by atoms with E-state index < -0.39 is 29.2 Å². The first-order chi connectivity index (χ1) is 11.6. The van der Waals surface area contributed by atoms with Crippen LogP contribution in [0.4, 0.5) is 23.7 Å². The molecule has 0 atom stereocenters. The van der Waals surface area contributed by atoms with Crippen molar-refractivity contribution in [1.82, 2.24) is 9.55 Å². The molecule has 1 amide bonds. The van der Waals surface area contributed by atoms with Crippen LogP contribution in [0.5, 0.6) is 0 Å². The number of nitrogens with one attached hydrogen (secondary N) is 2. The van der Waals surface area contributed by atoms with Crippen LogP contribution in [0.2, 0.25) is 0 Å². The molecule has 7 nitrogen and oxygen atoms in total. The molecule has 0 bridgehead atoms. The number of ether oxygens (including phenoxy) is 1. The maximum atomic E-state index is 12.6. The molecule has 1 radical (unpaired) electrons. The Hall–Kier alpha value is -1.94. The van der Waals surface area contributed by atoms with Crippen molar-refractivity contribution in [2.75, 3.05) is 11.9 Å². The molecule has 0 unspecified atom stereocenters. The van der Waals surface area contributed by atoms with Crippen LogP contribution in [0.3, 0.4) is 0 Å². The van der Waals surface area contributed by atoms with Crippen molar-refractivity contribution >= 4 is 11.8 Å². The molecule has 137 valence electrons. The van der Waals surface area contributed by atoms with Crippen LogP contribution in [-0.2, 0) is 43.6 Å². The Morgan fingerprint density at radius 2 is 2.00 bits per heavy atom. The molecule has 2 rings (SSSR count). The summed E-state index contributed by atoms with van der Waals surface area (Å²) in [6.45, 7) is 3.37. The number of rotatable bonds is 3. The molecule has 2 N–H and O–H groups in total. The Morgan fingerprint density at radius 3 is 2.54 bits per heavy atom. The number of anilines is 1. The van der Waals surface area contributed by atoms with E-state index in [1.165, 1.54) is 12.1 Å². The zero-order chi connectivity index (χ0) is 18.8. The van der Waals surface area contributed by atoms with Crippen molar-refractivity contribution in [1.29, 1.82) is 0 Å². The molecule has 1 aromatic carbocycles. The number of nitrogens with zero attached hydrogens (tertiary/aromatic N) is 1. The van der Waals surface area contributed by atoms with E-state index in [1.54, 1.807) is 18.8 Å². The van der Waals surface area contributed by atoms with Crippen molar-refractivity contribution in [3.63, 3.8) is 0 Å². The second-order valence-electron chi connectivity index (χ2n) is 4.92. The monoisotopic (exact) mass is 445 g/mol. The number of H-pyrrole nitrogens is 1. The molecule has 0 aliphatic carbocycles. The van der Waals surface area contributed by atoms with Crippen LogP contribution in [0.1, 0.15) is 18.2 Å². The first-order valence-electron chi connectivity index (χ1n) is 7.03. The third-order valence-electron chi connectivity index (χ3n) is 3.13. The molecule has 26 heavy (non-hydrogen) atoms. The van der Waals surface area contributed by atoms with Crippen molar-refractivity contribution < 1.29 is 55.4 Å². The Labute approximate surface area is 170 Å². The van der Waals surface area contributed by atoms with Gasteiger partial charge in [0.15, 0.2) is 0 Å². The maximum Gasteiger partial charge on any atom is 0.431 e. The van der Waals surface area contributed by atoms with E-state index in [1.807, 2.05) is 0 Å². The largest absolute Gasteiger partial charge is 0.450 e. The SMILES string of the molecule is CCOC(=O)Nc1cc(-n2c(=O)cc(C(F)(F)F)[nH]c2=O)[c-]cc1C.[Y]. The molecule has 2 aromatic rings. The molecule has 1 heterocycles. The summed E-state index contributed by atoms with van der Waals surface area (Å²) in [5.41, 5.74) is -3.26. The summed E-state index contributed by atoms with van der Waals surface area (Å²) < 4.78 is 43.1. The molecule has 0 aliphatic heterocycles. The molecular weight excluding hydrogens is 432 g/mol. The van der Waals surface area contributed by atoms with Crippen LogP contribution in [0.25, 0.3) is 5.69 Å². The van der Waals surface area contributed by atoms with Gasteiger partial charge in [-0.1, -0.05) is 18.3 Å². The normalized spacial score (nSPS) is 10.8. The van der Waals surface area contributed by atoms with E-state index in [0.29, 0.717) is 10.1 Å². The van der Waals surface area contributed by atoms with Gasteiger partial charge in [0.1, 0.15) is 5.69 Å². The number of alkyl halides is 3. The zero-order valence-electron chi connectivity index (χ0n) is 13.7. The van der Waals surface area contributed by atoms with E-state index in [9.17, 15) is 27.6 Å². The van der Waals surface area contributed by atoms with E-state index in [4.69, 9.17) is 4.74 Å². The minimum atomic E-state index is -4.86. The molecule has 1 aromatic heterocycles. The summed E-state index contributed by atoms with van der Waals surface area (Å²) >= 11 is 0. The summed E-state index contributed by atoms with van der Waals surface area (Å²) in [6, 6.07) is 5.49. The smallest absolute Gasteiger partial charge is 0.431 e. The second-order valence-corrected chi connectivity index (χ2v) is 4.92. The Balaban J connectivity index is 0.00000338. The van der Waals surface area contributed by atoms with Gasteiger partial charge in [0.05, 0.1) is 6.61 Å². The van der Waals surface area contributed by atoms with Crippen LogP contribution >= 0.6 is 0 Å². The number of hydrogen-bond acceptors (Lipinski definition) is 4. The third kappa shape index (κ3) is 5.04. The number of benzene rings is 1. The van der Waals surface area contributed by atoms with Gasteiger partial charge in [-0.15, -0.1) is 11.6 Å². The zero-order valence-corrected chi connectivity index (χ0v) is 16.6. The molecule has 0 aliphatic rings. The van der Waals surface area contributed by atoms with Crippen molar-refractivity contribution in [3.05, 3.63) is 56.4 Å². The van der Waals surface area contributed by atoms with Crippen LogP contribution in [-0.4, -0.2) is 22.3 Å². The molecular formula is C15H13F3N3O4Y-. The number of aromatic amines is 1. The predicted octanol–water partition coefficient (Wildman–Crippen LogP) is 2.22. The van der Waals surface area contributed by atoms with Crippen LogP contribution in [0.15, 0.2) is 27.8 Å². The summed E-state index contributed by atoms with van der Waals surface area (Å²) in [6.07, 6.45) is -5.61. The van der Waals surface area contributed by atoms with E-state index in [2.05, 4.69) is 11.4 Å². The Morgan fingerprint density at radius 1 is 1.35 bits per heavy atom. The van der Waals surface area contributed by atoms with Crippen LogP contribution in [0, 0.1) is 13.0 Å². The van der Waals surface area contributed by atoms with Gasteiger partial charge >= 0.3 is 18.0 Å². The fourth-order valence-electron chi connectivity index (χ4n) is 1.97. The van der Waals surface area contributed by atoms with Gasteiger partial charge in [-0.05, 0) is 6.92 Å². The molecule has 0 spiro atoms. The average Bonchev–Trinajstić information content (AvgIpc) is 2.49. The first-order valence-corrected chi connectivity index (χ1v) is 7.03. The number of carbonyl (C=O) groups is 1. The minimum Gasteiger partial charge on any atom is -0.450 e. The fourth-order valence-corrected chi connectivity index (χ4v) is 1.97. The van der Waals surface area contributed by atoms with E-state index in [-0.39, 0.29) is 56.8 Å². The summed E-state index contributed by atoms with van der Waals surface area (Å²) in [5, 5.41) is 2.41. The fraction of sp³-hybridized carbons (Fsp3) is 0.267. The molecule has 0 fully saturated rings. The number of hydrogen-bond donors (Lipinski definition) is 2. The van der Waals surface area contributed by atoms with Gasteiger partial charge in [0, 0.05) is 38.8 Å². The number of amides is 1. The van der Waals surface area contributed by atoms with Crippen molar-refractivity contribution in [3.8, 4) is 5.69 Å². The van der Waals surface area contributed by atoms with Crippen molar-refractivity contribution in [2.24, 2.45) is 0 Å². The molecule has 0 saturated carbocycles. The van der Waals surface area contributed by atoms with E-state index >= 15 is 0 Å². The topological polar surface area (TPSA) is 93.2 Å². The van der Waals surface area contributed by atoms with Crippen molar-refractivity contribution in [2.45, 2.75) is 20.0 Å².